The minimum absolute atomic E-state index is 0.0620. The van der Waals surface area contributed by atoms with Crippen molar-refractivity contribution in [1.29, 1.82) is 0 Å². The Labute approximate surface area is 163 Å². The molecule has 0 unspecified atom stereocenters. The zero-order valence-corrected chi connectivity index (χ0v) is 16.3. The van der Waals surface area contributed by atoms with E-state index in [4.69, 9.17) is 0 Å². The van der Waals surface area contributed by atoms with Crippen molar-refractivity contribution in [2.45, 2.75) is 45.8 Å². The third kappa shape index (κ3) is 3.28. The molecule has 0 N–H and O–H groups in total. The molecular weight excluding hydrogens is 354 g/mol. The second-order valence-electron chi connectivity index (χ2n) is 8.09. The summed E-state index contributed by atoms with van der Waals surface area (Å²) in [6, 6.07) is 5.99. The Morgan fingerprint density at radius 1 is 1.14 bits per heavy atom. The Hall–Kier alpha value is -2.74. The summed E-state index contributed by atoms with van der Waals surface area (Å²) >= 11 is 0. The van der Waals surface area contributed by atoms with E-state index in [1.807, 2.05) is 26.1 Å². The number of hydrogen-bond acceptors (Lipinski definition) is 5. The standard InChI is InChI=1S/C20H25N7O/c1-14-9-15(2)27(22-14)18-5-6-20(28)26(23-18)12-16-10-24(11-16)13-19-21-7-8-25(19)17-3-4-17/h5-9,16-17H,3-4,10-13H2,1-2H3. The maximum Gasteiger partial charge on any atom is 0.266 e. The highest BCUT2D eigenvalue weighted by molar-refractivity contribution is 5.23. The van der Waals surface area contributed by atoms with Crippen LogP contribution in [0.15, 0.2) is 35.4 Å². The summed E-state index contributed by atoms with van der Waals surface area (Å²) in [6.07, 6.45) is 6.54. The van der Waals surface area contributed by atoms with Gasteiger partial charge in [-0.3, -0.25) is 9.69 Å². The molecule has 2 fully saturated rings. The van der Waals surface area contributed by atoms with Gasteiger partial charge in [0.15, 0.2) is 5.82 Å². The largest absolute Gasteiger partial charge is 0.331 e. The van der Waals surface area contributed by atoms with E-state index in [9.17, 15) is 4.79 Å². The van der Waals surface area contributed by atoms with Gasteiger partial charge >= 0.3 is 0 Å². The molecule has 0 aromatic carbocycles. The predicted octanol–water partition coefficient (Wildman–Crippen LogP) is 1.71. The molecule has 1 aliphatic heterocycles. The number of imidazole rings is 1. The topological polar surface area (TPSA) is 73.8 Å². The van der Waals surface area contributed by atoms with E-state index in [1.165, 1.54) is 12.8 Å². The van der Waals surface area contributed by atoms with Crippen LogP contribution in [0.2, 0.25) is 0 Å². The van der Waals surface area contributed by atoms with E-state index in [-0.39, 0.29) is 5.56 Å². The van der Waals surface area contributed by atoms with E-state index in [1.54, 1.807) is 21.5 Å². The number of aromatic nitrogens is 6. The van der Waals surface area contributed by atoms with Crippen molar-refractivity contribution in [1.82, 2.24) is 34.0 Å². The molecule has 4 heterocycles. The lowest BCUT2D eigenvalue weighted by Gasteiger charge is -2.39. The first-order valence-electron chi connectivity index (χ1n) is 9.93. The molecule has 8 heteroatoms. The van der Waals surface area contributed by atoms with Gasteiger partial charge in [0, 0.05) is 49.2 Å². The minimum atomic E-state index is -0.0620. The van der Waals surface area contributed by atoms with Crippen LogP contribution in [0.3, 0.4) is 0 Å². The van der Waals surface area contributed by atoms with Crippen LogP contribution >= 0.6 is 0 Å². The SMILES string of the molecule is Cc1cc(C)n(-c2ccc(=O)n(CC3CN(Cc4nccn4C4CC4)C3)n2)n1. The fourth-order valence-electron chi connectivity index (χ4n) is 4.06. The summed E-state index contributed by atoms with van der Waals surface area (Å²) in [6.45, 7) is 7.41. The van der Waals surface area contributed by atoms with Crippen LogP contribution in [0.25, 0.3) is 5.82 Å². The van der Waals surface area contributed by atoms with Gasteiger partial charge in [-0.25, -0.2) is 14.3 Å². The quantitative estimate of drug-likeness (QED) is 0.652. The van der Waals surface area contributed by atoms with Crippen LogP contribution in [0, 0.1) is 19.8 Å². The Bertz CT molecular complexity index is 1050. The summed E-state index contributed by atoms with van der Waals surface area (Å²) < 4.78 is 5.69. The van der Waals surface area contributed by atoms with E-state index >= 15 is 0 Å². The van der Waals surface area contributed by atoms with Crippen LogP contribution in [0.1, 0.15) is 36.1 Å². The number of rotatable bonds is 6. The first-order chi connectivity index (χ1) is 13.6. The third-order valence-corrected chi connectivity index (χ3v) is 5.60. The number of aryl methyl sites for hydroxylation is 2. The Morgan fingerprint density at radius 3 is 2.68 bits per heavy atom. The Morgan fingerprint density at radius 2 is 1.96 bits per heavy atom. The average Bonchev–Trinajstić information content (AvgIpc) is 3.28. The molecule has 1 aliphatic carbocycles. The Kier molecular flexibility index (Phi) is 4.16. The summed E-state index contributed by atoms with van der Waals surface area (Å²) in [5, 5.41) is 9.02. The van der Waals surface area contributed by atoms with Crippen LogP contribution in [-0.2, 0) is 13.1 Å². The maximum atomic E-state index is 12.3. The van der Waals surface area contributed by atoms with Gasteiger partial charge in [0.25, 0.3) is 5.56 Å². The van der Waals surface area contributed by atoms with Gasteiger partial charge in [0.05, 0.1) is 18.8 Å². The van der Waals surface area contributed by atoms with Gasteiger partial charge in [-0.1, -0.05) is 0 Å². The van der Waals surface area contributed by atoms with Gasteiger partial charge in [-0.2, -0.15) is 5.10 Å². The molecular formula is C20H25N7O. The molecule has 28 heavy (non-hydrogen) atoms. The van der Waals surface area contributed by atoms with Crippen molar-refractivity contribution in [2.24, 2.45) is 5.92 Å². The van der Waals surface area contributed by atoms with Crippen LogP contribution in [-0.4, -0.2) is 47.1 Å². The molecule has 0 atom stereocenters. The lowest BCUT2D eigenvalue weighted by molar-refractivity contribution is 0.0728. The lowest BCUT2D eigenvalue weighted by atomic mass is 10.0. The van der Waals surface area contributed by atoms with E-state index < -0.39 is 0 Å². The molecule has 146 valence electrons. The first kappa shape index (κ1) is 17.4. The van der Waals surface area contributed by atoms with E-state index in [0.717, 1.165) is 36.8 Å². The smallest absolute Gasteiger partial charge is 0.266 e. The van der Waals surface area contributed by atoms with Gasteiger partial charge in [-0.15, -0.1) is 5.10 Å². The van der Waals surface area contributed by atoms with Gasteiger partial charge in [-0.05, 0) is 38.8 Å². The molecule has 3 aromatic rings. The number of hydrogen-bond donors (Lipinski definition) is 0. The highest BCUT2D eigenvalue weighted by Crippen LogP contribution is 2.36. The molecule has 0 bridgehead atoms. The highest BCUT2D eigenvalue weighted by Gasteiger charge is 2.31. The summed E-state index contributed by atoms with van der Waals surface area (Å²) in [7, 11) is 0. The second-order valence-corrected chi connectivity index (χ2v) is 8.09. The van der Waals surface area contributed by atoms with Gasteiger partial charge in [0.2, 0.25) is 0 Å². The van der Waals surface area contributed by atoms with Gasteiger partial charge in [0.1, 0.15) is 5.82 Å². The molecule has 0 amide bonds. The highest BCUT2D eigenvalue weighted by atomic mass is 16.1. The zero-order valence-electron chi connectivity index (χ0n) is 16.3. The molecule has 2 aliphatic rings. The van der Waals surface area contributed by atoms with Crippen molar-refractivity contribution in [2.75, 3.05) is 13.1 Å². The summed E-state index contributed by atoms with van der Waals surface area (Å²) in [5.41, 5.74) is 1.89. The second kappa shape index (κ2) is 6.70. The number of nitrogens with zero attached hydrogens (tertiary/aromatic N) is 7. The van der Waals surface area contributed by atoms with Crippen LogP contribution in [0.5, 0.6) is 0 Å². The van der Waals surface area contributed by atoms with Crippen molar-refractivity contribution in [3.05, 3.63) is 58.2 Å². The van der Waals surface area contributed by atoms with Crippen molar-refractivity contribution >= 4 is 0 Å². The molecule has 0 radical (unpaired) electrons. The summed E-state index contributed by atoms with van der Waals surface area (Å²) in [5.74, 6) is 2.28. The first-order valence-corrected chi connectivity index (χ1v) is 9.93. The van der Waals surface area contributed by atoms with E-state index in [2.05, 4.69) is 30.8 Å². The van der Waals surface area contributed by atoms with Crippen molar-refractivity contribution < 1.29 is 0 Å². The minimum Gasteiger partial charge on any atom is -0.331 e. The molecule has 1 saturated heterocycles. The van der Waals surface area contributed by atoms with Gasteiger partial charge < -0.3 is 4.57 Å². The molecule has 1 saturated carbocycles. The maximum absolute atomic E-state index is 12.3. The molecule has 0 spiro atoms. The van der Waals surface area contributed by atoms with Crippen molar-refractivity contribution in [3.8, 4) is 5.82 Å². The normalized spacial score (nSPS) is 17.8. The fraction of sp³-hybridized carbons (Fsp3) is 0.500. The van der Waals surface area contributed by atoms with E-state index in [0.29, 0.717) is 24.3 Å². The van der Waals surface area contributed by atoms with Crippen LogP contribution < -0.4 is 5.56 Å². The average molecular weight is 379 g/mol. The number of likely N-dealkylation sites (tertiary alicyclic amines) is 1. The Balaban J connectivity index is 1.24. The van der Waals surface area contributed by atoms with Crippen molar-refractivity contribution in [3.63, 3.8) is 0 Å². The lowest BCUT2D eigenvalue weighted by Crippen LogP contribution is -2.49. The third-order valence-electron chi connectivity index (χ3n) is 5.60. The molecule has 8 nitrogen and oxygen atoms in total. The fourth-order valence-corrected chi connectivity index (χ4v) is 4.06. The molecule has 3 aromatic heterocycles. The molecule has 5 rings (SSSR count). The zero-order chi connectivity index (χ0) is 19.3. The predicted molar refractivity (Wildman–Crippen MR) is 104 cm³/mol. The summed E-state index contributed by atoms with van der Waals surface area (Å²) in [4.78, 5) is 19.2. The monoisotopic (exact) mass is 379 g/mol. The van der Waals surface area contributed by atoms with Crippen LogP contribution in [0.4, 0.5) is 0 Å².